The van der Waals surface area contributed by atoms with Gasteiger partial charge in [0.1, 0.15) is 5.75 Å². The van der Waals surface area contributed by atoms with Crippen molar-refractivity contribution in [3.63, 3.8) is 0 Å². The van der Waals surface area contributed by atoms with E-state index < -0.39 is 0 Å². The molecule has 0 unspecified atom stereocenters. The van der Waals surface area contributed by atoms with Gasteiger partial charge in [0.25, 0.3) is 0 Å². The molecule has 24 heavy (non-hydrogen) atoms. The van der Waals surface area contributed by atoms with Crippen LogP contribution in [-0.4, -0.2) is 36.9 Å². The van der Waals surface area contributed by atoms with Crippen molar-refractivity contribution in [2.75, 3.05) is 26.2 Å². The maximum absolute atomic E-state index is 13.0. The summed E-state index contributed by atoms with van der Waals surface area (Å²) >= 11 is 0. The molecule has 0 radical (unpaired) electrons. The number of fused-ring (bicyclic) bond motifs is 1. The van der Waals surface area contributed by atoms with E-state index in [9.17, 15) is 4.79 Å². The first-order chi connectivity index (χ1) is 11.8. The zero-order valence-corrected chi connectivity index (χ0v) is 14.6. The summed E-state index contributed by atoms with van der Waals surface area (Å²) in [6.07, 6.45) is 5.72. The number of nitrogens with zero attached hydrogens (tertiary/aromatic N) is 1. The molecule has 0 saturated carbocycles. The van der Waals surface area contributed by atoms with Crippen LogP contribution in [0.25, 0.3) is 10.8 Å². The minimum atomic E-state index is 0.194. The number of likely N-dealkylation sites (tertiary alicyclic amines) is 1. The van der Waals surface area contributed by atoms with Gasteiger partial charge in [0.15, 0.2) is 5.78 Å². The maximum atomic E-state index is 13.0. The molecule has 0 aliphatic carbocycles. The topological polar surface area (TPSA) is 29.5 Å². The Kier molecular flexibility index (Phi) is 5.86. The fraction of sp³-hybridized carbons (Fsp3) is 0.476. The van der Waals surface area contributed by atoms with E-state index in [1.165, 1.54) is 25.7 Å². The summed E-state index contributed by atoms with van der Waals surface area (Å²) in [6.45, 7) is 5.64. The summed E-state index contributed by atoms with van der Waals surface area (Å²) in [7, 11) is 0. The van der Waals surface area contributed by atoms with Crippen LogP contribution in [-0.2, 0) is 0 Å². The Bertz CT molecular complexity index is 687. The molecular formula is C21H27NO2. The summed E-state index contributed by atoms with van der Waals surface area (Å²) in [6, 6.07) is 12.0. The van der Waals surface area contributed by atoms with E-state index in [-0.39, 0.29) is 5.78 Å². The molecule has 0 atom stereocenters. The lowest BCUT2D eigenvalue weighted by Crippen LogP contribution is -2.27. The van der Waals surface area contributed by atoms with Gasteiger partial charge in [-0.25, -0.2) is 0 Å². The molecule has 0 amide bonds. The molecule has 3 heteroatoms. The molecule has 0 N–H and O–H groups in total. The van der Waals surface area contributed by atoms with E-state index in [0.717, 1.165) is 41.7 Å². The number of hydrogen-bond acceptors (Lipinski definition) is 3. The Morgan fingerprint density at radius 3 is 2.54 bits per heavy atom. The highest BCUT2D eigenvalue weighted by atomic mass is 16.5. The Morgan fingerprint density at radius 1 is 1.04 bits per heavy atom. The molecule has 1 fully saturated rings. The third-order valence-electron chi connectivity index (χ3n) is 4.82. The van der Waals surface area contributed by atoms with Crippen LogP contribution in [0, 0.1) is 0 Å². The van der Waals surface area contributed by atoms with Gasteiger partial charge in [0.2, 0.25) is 0 Å². The first-order valence-electron chi connectivity index (χ1n) is 9.19. The zero-order chi connectivity index (χ0) is 16.8. The van der Waals surface area contributed by atoms with Crippen LogP contribution in [0.3, 0.4) is 0 Å². The lowest BCUT2D eigenvalue weighted by molar-refractivity contribution is 0.0963. The molecule has 3 rings (SSSR count). The number of carbonyl (C=O) groups is 1. The van der Waals surface area contributed by atoms with Crippen molar-refractivity contribution in [2.45, 2.75) is 39.0 Å². The second-order valence-corrected chi connectivity index (χ2v) is 6.52. The minimum Gasteiger partial charge on any atom is -0.493 e. The molecule has 0 bridgehead atoms. The molecule has 1 heterocycles. The highest BCUT2D eigenvalue weighted by molar-refractivity contribution is 6.10. The van der Waals surface area contributed by atoms with E-state index in [1.807, 2.05) is 37.3 Å². The fourth-order valence-electron chi connectivity index (χ4n) is 3.56. The van der Waals surface area contributed by atoms with Gasteiger partial charge in [-0.3, -0.25) is 4.79 Å². The number of benzene rings is 2. The van der Waals surface area contributed by atoms with Crippen molar-refractivity contribution in [1.29, 1.82) is 0 Å². The van der Waals surface area contributed by atoms with Gasteiger partial charge < -0.3 is 9.64 Å². The highest BCUT2D eigenvalue weighted by Crippen LogP contribution is 2.29. The molecule has 1 aliphatic heterocycles. The van der Waals surface area contributed by atoms with Crippen LogP contribution in [0.2, 0.25) is 0 Å². The van der Waals surface area contributed by atoms with Crippen molar-refractivity contribution < 1.29 is 9.53 Å². The maximum Gasteiger partial charge on any atom is 0.168 e. The smallest absolute Gasteiger partial charge is 0.168 e. The molecule has 2 aromatic carbocycles. The van der Waals surface area contributed by atoms with Gasteiger partial charge in [-0.15, -0.1) is 0 Å². The van der Waals surface area contributed by atoms with Crippen molar-refractivity contribution >= 4 is 16.6 Å². The lowest BCUT2D eigenvalue weighted by Gasteiger charge is -2.20. The summed E-state index contributed by atoms with van der Waals surface area (Å²) in [5.74, 6) is 0.913. The largest absolute Gasteiger partial charge is 0.493 e. The molecular weight excluding hydrogens is 298 g/mol. The van der Waals surface area contributed by atoms with Crippen molar-refractivity contribution in [3.05, 3.63) is 42.0 Å². The van der Waals surface area contributed by atoms with Gasteiger partial charge in [-0.05, 0) is 49.7 Å². The van der Waals surface area contributed by atoms with Crippen LogP contribution >= 0.6 is 0 Å². The van der Waals surface area contributed by atoms with Gasteiger partial charge in [-0.2, -0.15) is 0 Å². The first-order valence-corrected chi connectivity index (χ1v) is 9.19. The number of Topliss-reactive ketones (excluding diaryl/α,β-unsaturated/α-hetero) is 1. The summed E-state index contributed by atoms with van der Waals surface area (Å²) in [5, 5.41) is 2.10. The lowest BCUT2D eigenvalue weighted by atomic mass is 9.98. The number of hydrogen-bond donors (Lipinski definition) is 0. The van der Waals surface area contributed by atoms with Crippen molar-refractivity contribution in [3.8, 4) is 5.75 Å². The Labute approximate surface area is 144 Å². The average Bonchev–Trinajstić information content (AvgIpc) is 2.88. The number of carbonyl (C=O) groups excluding carboxylic acids is 1. The van der Waals surface area contributed by atoms with Crippen molar-refractivity contribution in [1.82, 2.24) is 4.90 Å². The predicted molar refractivity (Wildman–Crippen MR) is 99.0 cm³/mol. The third kappa shape index (κ3) is 3.96. The van der Waals surface area contributed by atoms with Gasteiger partial charge in [0.05, 0.1) is 12.2 Å². The molecule has 128 valence electrons. The standard InChI is InChI=1S/C21H27NO2/c1-2-24-20-12-11-17-9-5-6-10-18(17)21(20)19(23)13-16-22-14-7-3-4-8-15-22/h5-6,9-12H,2-4,7-8,13-16H2,1H3. The van der Waals surface area contributed by atoms with E-state index >= 15 is 0 Å². The van der Waals surface area contributed by atoms with Crippen LogP contribution in [0.1, 0.15) is 49.4 Å². The number of ketones is 1. The summed E-state index contributed by atoms with van der Waals surface area (Å²) < 4.78 is 5.74. The average molecular weight is 325 g/mol. The third-order valence-corrected chi connectivity index (χ3v) is 4.82. The van der Waals surface area contributed by atoms with Gasteiger partial charge >= 0.3 is 0 Å². The monoisotopic (exact) mass is 325 g/mol. The number of rotatable bonds is 6. The van der Waals surface area contributed by atoms with Crippen LogP contribution < -0.4 is 4.74 Å². The van der Waals surface area contributed by atoms with Crippen LogP contribution in [0.15, 0.2) is 36.4 Å². The summed E-state index contributed by atoms with van der Waals surface area (Å²) in [4.78, 5) is 15.4. The molecule has 1 saturated heterocycles. The van der Waals surface area contributed by atoms with E-state index in [1.54, 1.807) is 0 Å². The first kappa shape index (κ1) is 17.0. The molecule has 3 nitrogen and oxygen atoms in total. The minimum absolute atomic E-state index is 0.194. The Morgan fingerprint density at radius 2 is 1.79 bits per heavy atom. The summed E-state index contributed by atoms with van der Waals surface area (Å²) in [5.41, 5.74) is 0.754. The highest BCUT2D eigenvalue weighted by Gasteiger charge is 2.18. The van der Waals surface area contributed by atoms with Crippen molar-refractivity contribution in [2.24, 2.45) is 0 Å². The van der Waals surface area contributed by atoms with Crippen LogP contribution in [0.5, 0.6) is 5.75 Å². The SMILES string of the molecule is CCOc1ccc2ccccc2c1C(=O)CCN1CCCCCC1. The second kappa shape index (κ2) is 8.29. The zero-order valence-electron chi connectivity index (χ0n) is 14.6. The van der Waals surface area contributed by atoms with Gasteiger partial charge in [-0.1, -0.05) is 43.2 Å². The van der Waals surface area contributed by atoms with E-state index in [2.05, 4.69) is 11.0 Å². The number of ether oxygens (including phenoxy) is 1. The van der Waals surface area contributed by atoms with E-state index in [4.69, 9.17) is 4.74 Å². The van der Waals surface area contributed by atoms with Crippen LogP contribution in [0.4, 0.5) is 0 Å². The molecule has 1 aliphatic rings. The fourth-order valence-corrected chi connectivity index (χ4v) is 3.56. The van der Waals surface area contributed by atoms with E-state index in [0.29, 0.717) is 13.0 Å². The second-order valence-electron chi connectivity index (χ2n) is 6.52. The molecule has 0 spiro atoms. The quantitative estimate of drug-likeness (QED) is 0.722. The predicted octanol–water partition coefficient (Wildman–Crippen LogP) is 4.69. The Hall–Kier alpha value is -1.87. The van der Waals surface area contributed by atoms with Gasteiger partial charge in [0, 0.05) is 13.0 Å². The molecule has 0 aromatic heterocycles. The Balaban J connectivity index is 1.80. The normalized spacial score (nSPS) is 16.0. The molecule has 2 aromatic rings.